The van der Waals surface area contributed by atoms with Crippen LogP contribution in [0.3, 0.4) is 0 Å². The molecule has 0 spiro atoms. The van der Waals surface area contributed by atoms with Crippen molar-refractivity contribution in [2.24, 2.45) is 11.8 Å². The number of allylic oxidation sites excluding steroid dienone is 1. The van der Waals surface area contributed by atoms with E-state index in [1.54, 1.807) is 0 Å². The first-order valence-electron chi connectivity index (χ1n) is 6.03. The first kappa shape index (κ1) is 11.8. The molecule has 0 aromatic carbocycles. The normalized spacial score (nSPS) is 32.1. The summed E-state index contributed by atoms with van der Waals surface area (Å²) in [6.07, 6.45) is 5.34. The number of rotatable bonds is 5. The Morgan fingerprint density at radius 2 is 2.14 bits per heavy atom. The highest BCUT2D eigenvalue weighted by molar-refractivity contribution is 4.92. The van der Waals surface area contributed by atoms with Gasteiger partial charge in [0, 0.05) is 6.04 Å². The molecule has 0 bridgehead atoms. The molecular formula is C13H25N. The Bertz CT molecular complexity index is 186. The minimum Gasteiger partial charge on any atom is -0.314 e. The predicted molar refractivity (Wildman–Crippen MR) is 63.4 cm³/mol. The minimum absolute atomic E-state index is 0.773. The van der Waals surface area contributed by atoms with Crippen molar-refractivity contribution in [2.45, 2.75) is 52.5 Å². The van der Waals surface area contributed by atoms with E-state index in [2.05, 4.69) is 32.7 Å². The topological polar surface area (TPSA) is 12.0 Å². The van der Waals surface area contributed by atoms with Crippen LogP contribution in [0, 0.1) is 11.8 Å². The van der Waals surface area contributed by atoms with Crippen molar-refractivity contribution in [2.75, 3.05) is 6.54 Å². The molecule has 3 atom stereocenters. The highest BCUT2D eigenvalue weighted by atomic mass is 14.9. The zero-order valence-corrected chi connectivity index (χ0v) is 9.97. The number of nitrogens with one attached hydrogen (secondary N) is 1. The van der Waals surface area contributed by atoms with Gasteiger partial charge in [0.2, 0.25) is 0 Å². The maximum atomic E-state index is 3.98. The molecule has 1 N–H and O–H groups in total. The molecule has 1 rings (SSSR count). The van der Waals surface area contributed by atoms with Gasteiger partial charge in [0.15, 0.2) is 0 Å². The van der Waals surface area contributed by atoms with Gasteiger partial charge in [-0.2, -0.15) is 0 Å². The van der Waals surface area contributed by atoms with E-state index in [1.807, 2.05) is 0 Å². The van der Waals surface area contributed by atoms with E-state index in [0.717, 1.165) is 24.4 Å². The van der Waals surface area contributed by atoms with Crippen LogP contribution in [0.25, 0.3) is 0 Å². The Labute approximate surface area is 89.0 Å². The first-order chi connectivity index (χ1) is 6.65. The maximum Gasteiger partial charge on any atom is 0.00953 e. The van der Waals surface area contributed by atoms with Crippen molar-refractivity contribution in [3.8, 4) is 0 Å². The van der Waals surface area contributed by atoms with Crippen LogP contribution in [-0.4, -0.2) is 12.6 Å². The summed E-state index contributed by atoms with van der Waals surface area (Å²) in [7, 11) is 0. The largest absolute Gasteiger partial charge is 0.314 e. The fourth-order valence-corrected chi connectivity index (χ4v) is 2.64. The molecule has 0 aromatic rings. The van der Waals surface area contributed by atoms with Gasteiger partial charge in [0.05, 0.1) is 0 Å². The third-order valence-electron chi connectivity index (χ3n) is 3.63. The smallest absolute Gasteiger partial charge is 0.00953 e. The molecule has 1 heteroatoms. The molecule has 1 nitrogen and oxygen atoms in total. The molecule has 0 aliphatic heterocycles. The highest BCUT2D eigenvalue weighted by Gasteiger charge is 2.31. The van der Waals surface area contributed by atoms with E-state index in [0.29, 0.717) is 0 Å². The van der Waals surface area contributed by atoms with Crippen LogP contribution in [0.5, 0.6) is 0 Å². The van der Waals surface area contributed by atoms with Gasteiger partial charge in [-0.15, -0.1) is 6.58 Å². The lowest BCUT2D eigenvalue weighted by molar-refractivity contribution is 0.340. The van der Waals surface area contributed by atoms with Gasteiger partial charge in [-0.1, -0.05) is 19.4 Å². The summed E-state index contributed by atoms with van der Waals surface area (Å²) in [5, 5.41) is 3.59. The van der Waals surface area contributed by atoms with Crippen LogP contribution in [0.2, 0.25) is 0 Å². The molecule has 82 valence electrons. The molecule has 0 saturated heterocycles. The molecule has 1 aliphatic carbocycles. The molecule has 0 heterocycles. The summed E-state index contributed by atoms with van der Waals surface area (Å²) in [4.78, 5) is 0. The maximum absolute atomic E-state index is 3.98. The summed E-state index contributed by atoms with van der Waals surface area (Å²) in [5.74, 6) is 1.78. The third-order valence-corrected chi connectivity index (χ3v) is 3.63. The summed E-state index contributed by atoms with van der Waals surface area (Å²) < 4.78 is 0. The van der Waals surface area contributed by atoms with Gasteiger partial charge in [-0.25, -0.2) is 0 Å². The van der Waals surface area contributed by atoms with Crippen LogP contribution in [0.4, 0.5) is 0 Å². The molecule has 0 amide bonds. The third kappa shape index (κ3) is 3.13. The summed E-state index contributed by atoms with van der Waals surface area (Å²) in [6, 6.07) is 0.773. The molecule has 0 aromatic heterocycles. The monoisotopic (exact) mass is 195 g/mol. The van der Waals surface area contributed by atoms with E-state index < -0.39 is 0 Å². The molecule has 3 unspecified atom stereocenters. The SMILES string of the molecule is C=C(C)CCC1CCC(NCC)C1C. The molecule has 14 heavy (non-hydrogen) atoms. The quantitative estimate of drug-likeness (QED) is 0.663. The zero-order chi connectivity index (χ0) is 10.6. The summed E-state index contributed by atoms with van der Waals surface area (Å²) in [6.45, 7) is 11.8. The second-order valence-electron chi connectivity index (χ2n) is 4.86. The van der Waals surface area contributed by atoms with Crippen LogP contribution < -0.4 is 5.32 Å². The van der Waals surface area contributed by atoms with Gasteiger partial charge in [-0.3, -0.25) is 0 Å². The Hall–Kier alpha value is -0.300. The van der Waals surface area contributed by atoms with Crippen molar-refractivity contribution in [3.05, 3.63) is 12.2 Å². The highest BCUT2D eigenvalue weighted by Crippen LogP contribution is 2.35. The van der Waals surface area contributed by atoms with E-state index in [-0.39, 0.29) is 0 Å². The fraction of sp³-hybridized carbons (Fsp3) is 0.846. The van der Waals surface area contributed by atoms with Crippen molar-refractivity contribution < 1.29 is 0 Å². The average Bonchev–Trinajstić information content (AvgIpc) is 2.46. The zero-order valence-electron chi connectivity index (χ0n) is 9.97. The predicted octanol–water partition coefficient (Wildman–Crippen LogP) is 3.37. The number of hydrogen-bond donors (Lipinski definition) is 1. The van der Waals surface area contributed by atoms with Crippen LogP contribution >= 0.6 is 0 Å². The van der Waals surface area contributed by atoms with Gasteiger partial charge in [-0.05, 0) is 51.0 Å². The molecule has 1 saturated carbocycles. The van der Waals surface area contributed by atoms with Crippen molar-refractivity contribution >= 4 is 0 Å². The Morgan fingerprint density at radius 3 is 2.71 bits per heavy atom. The van der Waals surface area contributed by atoms with E-state index >= 15 is 0 Å². The fourth-order valence-electron chi connectivity index (χ4n) is 2.64. The summed E-state index contributed by atoms with van der Waals surface area (Å²) in [5.41, 5.74) is 1.34. The molecular weight excluding hydrogens is 170 g/mol. The second kappa shape index (κ2) is 5.55. The van der Waals surface area contributed by atoms with Gasteiger partial charge in [0.25, 0.3) is 0 Å². The lowest BCUT2D eigenvalue weighted by Crippen LogP contribution is -2.32. The second-order valence-corrected chi connectivity index (χ2v) is 4.86. The van der Waals surface area contributed by atoms with Crippen molar-refractivity contribution in [1.29, 1.82) is 0 Å². The number of hydrogen-bond acceptors (Lipinski definition) is 1. The van der Waals surface area contributed by atoms with E-state index in [4.69, 9.17) is 0 Å². The lowest BCUT2D eigenvalue weighted by Gasteiger charge is -2.21. The van der Waals surface area contributed by atoms with Gasteiger partial charge < -0.3 is 5.32 Å². The molecule has 1 fully saturated rings. The Kier molecular flexibility index (Phi) is 4.67. The van der Waals surface area contributed by atoms with Crippen LogP contribution in [0.1, 0.15) is 46.5 Å². The molecule has 0 radical (unpaired) electrons. The van der Waals surface area contributed by atoms with Gasteiger partial charge in [0.1, 0.15) is 0 Å². The van der Waals surface area contributed by atoms with Crippen molar-refractivity contribution in [1.82, 2.24) is 5.32 Å². The van der Waals surface area contributed by atoms with Crippen molar-refractivity contribution in [3.63, 3.8) is 0 Å². The average molecular weight is 195 g/mol. The van der Waals surface area contributed by atoms with E-state index in [1.165, 1.54) is 31.3 Å². The minimum atomic E-state index is 0.773. The van der Waals surface area contributed by atoms with Crippen LogP contribution in [0.15, 0.2) is 12.2 Å². The first-order valence-corrected chi connectivity index (χ1v) is 6.03. The Morgan fingerprint density at radius 1 is 1.43 bits per heavy atom. The van der Waals surface area contributed by atoms with Gasteiger partial charge >= 0.3 is 0 Å². The standard InChI is InChI=1S/C13H25N/c1-5-14-13-9-8-12(11(13)4)7-6-10(2)3/h11-14H,2,5-9H2,1,3-4H3. The van der Waals surface area contributed by atoms with Crippen LogP contribution in [-0.2, 0) is 0 Å². The van der Waals surface area contributed by atoms with E-state index in [9.17, 15) is 0 Å². The molecule has 1 aliphatic rings. The summed E-state index contributed by atoms with van der Waals surface area (Å²) >= 11 is 0. The lowest BCUT2D eigenvalue weighted by atomic mass is 9.90. The Balaban J connectivity index is 2.31.